The first-order valence-corrected chi connectivity index (χ1v) is 8.41. The van der Waals surface area contributed by atoms with Gasteiger partial charge in [0, 0.05) is 18.0 Å². The number of hydrogen-bond donors (Lipinski definition) is 0. The van der Waals surface area contributed by atoms with Crippen LogP contribution in [-0.4, -0.2) is 23.1 Å². The maximum Gasteiger partial charge on any atom is 0.225 e. The van der Waals surface area contributed by atoms with Crippen molar-refractivity contribution < 1.29 is 0 Å². The minimum atomic E-state index is 0.257. The fourth-order valence-corrected chi connectivity index (χ4v) is 3.67. The summed E-state index contributed by atoms with van der Waals surface area (Å²) >= 11 is 7.75. The molecule has 0 aliphatic carbocycles. The molecule has 0 unspecified atom stereocenters. The quantitative estimate of drug-likeness (QED) is 0.456. The highest BCUT2D eigenvalue weighted by molar-refractivity contribution is 7.22. The Morgan fingerprint density at radius 2 is 1.78 bits per heavy atom. The fraction of sp³-hybridized carbons (Fsp3) is 0.111. The molecule has 0 saturated carbocycles. The Kier molecular flexibility index (Phi) is 4.74. The summed E-state index contributed by atoms with van der Waals surface area (Å²) in [6, 6.07) is 12.4. The van der Waals surface area contributed by atoms with Crippen LogP contribution < -0.4 is 4.90 Å². The smallest absolute Gasteiger partial charge is 0.225 e. The third kappa shape index (κ3) is 3.28. The van der Waals surface area contributed by atoms with Crippen molar-refractivity contribution in [2.45, 2.75) is 0 Å². The van der Waals surface area contributed by atoms with E-state index in [1.807, 2.05) is 30.4 Å². The van der Waals surface area contributed by atoms with Gasteiger partial charge in [-0.1, -0.05) is 42.5 Å². The number of fused-ring (bicyclic) bond motifs is 1. The Balaban J connectivity index is 2.16. The monoisotopic (exact) mass is 341 g/mol. The van der Waals surface area contributed by atoms with E-state index >= 15 is 0 Å². The average molecular weight is 342 g/mol. The Morgan fingerprint density at radius 3 is 2.43 bits per heavy atom. The Bertz CT molecular complexity index is 832. The molecule has 5 heteroatoms. The lowest BCUT2D eigenvalue weighted by Gasteiger charge is -2.21. The van der Waals surface area contributed by atoms with Crippen molar-refractivity contribution >= 4 is 39.0 Å². The predicted molar refractivity (Wildman–Crippen MR) is 100 cm³/mol. The molecule has 2 heterocycles. The third-order valence-electron chi connectivity index (χ3n) is 3.40. The number of hydrogen-bond acceptors (Lipinski definition) is 4. The van der Waals surface area contributed by atoms with Crippen molar-refractivity contribution in [3.05, 3.63) is 67.0 Å². The Morgan fingerprint density at radius 1 is 1.09 bits per heavy atom. The van der Waals surface area contributed by atoms with Crippen LogP contribution in [0.5, 0.6) is 0 Å². The van der Waals surface area contributed by atoms with Crippen LogP contribution in [0.1, 0.15) is 0 Å². The van der Waals surface area contributed by atoms with Crippen LogP contribution in [0.2, 0.25) is 5.28 Å². The average Bonchev–Trinajstić information content (AvgIpc) is 2.98. The summed E-state index contributed by atoms with van der Waals surface area (Å²) in [7, 11) is 0. The van der Waals surface area contributed by atoms with Crippen molar-refractivity contribution in [3.63, 3.8) is 0 Å². The van der Waals surface area contributed by atoms with Gasteiger partial charge in [-0.3, -0.25) is 0 Å². The van der Waals surface area contributed by atoms with Gasteiger partial charge in [0.2, 0.25) is 5.28 Å². The van der Waals surface area contributed by atoms with E-state index in [0.29, 0.717) is 13.1 Å². The number of nitrogens with zero attached hydrogens (tertiary/aromatic N) is 3. The highest BCUT2D eigenvalue weighted by Gasteiger charge is 2.16. The molecule has 0 amide bonds. The molecule has 0 aliphatic rings. The van der Waals surface area contributed by atoms with Gasteiger partial charge in [-0.05, 0) is 23.2 Å². The summed E-state index contributed by atoms with van der Waals surface area (Å²) in [5, 5.41) is 1.26. The van der Waals surface area contributed by atoms with Crippen molar-refractivity contribution in [3.8, 4) is 10.4 Å². The minimum Gasteiger partial charge on any atom is -0.349 e. The molecule has 3 rings (SSSR count). The second kappa shape index (κ2) is 6.94. The molecule has 3 nitrogen and oxygen atoms in total. The standard InChI is InChI=1S/C18H16ClN3S/c1-3-10-22(11-4-2)16-14-12-15(13-8-6-5-7-9-13)23-17(14)21-18(19)20-16/h3-9,12H,1-2,10-11H2. The lowest BCUT2D eigenvalue weighted by molar-refractivity contribution is 0.929. The van der Waals surface area contributed by atoms with E-state index in [9.17, 15) is 0 Å². The van der Waals surface area contributed by atoms with E-state index in [0.717, 1.165) is 26.5 Å². The van der Waals surface area contributed by atoms with Gasteiger partial charge < -0.3 is 4.90 Å². The van der Waals surface area contributed by atoms with Gasteiger partial charge >= 0.3 is 0 Å². The zero-order valence-corrected chi connectivity index (χ0v) is 14.1. The van der Waals surface area contributed by atoms with E-state index < -0.39 is 0 Å². The largest absolute Gasteiger partial charge is 0.349 e. The maximum atomic E-state index is 6.13. The van der Waals surface area contributed by atoms with Crippen LogP contribution in [0.3, 0.4) is 0 Å². The fourth-order valence-electron chi connectivity index (χ4n) is 2.43. The molecule has 0 fully saturated rings. The van der Waals surface area contributed by atoms with E-state index in [1.54, 1.807) is 11.3 Å². The Labute approximate surface area is 144 Å². The first-order valence-electron chi connectivity index (χ1n) is 7.22. The molecular formula is C18H16ClN3S. The number of benzene rings is 1. The molecule has 0 radical (unpaired) electrons. The number of halogens is 1. The highest BCUT2D eigenvalue weighted by atomic mass is 35.5. The molecule has 1 aromatic carbocycles. The second-order valence-corrected chi connectivity index (χ2v) is 6.36. The molecule has 0 spiro atoms. The van der Waals surface area contributed by atoms with Crippen LogP contribution in [0, 0.1) is 0 Å². The Hall–Kier alpha value is -2.17. The summed E-state index contributed by atoms with van der Waals surface area (Å²) in [6.45, 7) is 8.97. The first-order chi connectivity index (χ1) is 11.2. The van der Waals surface area contributed by atoms with Crippen molar-refractivity contribution in [2.24, 2.45) is 0 Å². The van der Waals surface area contributed by atoms with Crippen LogP contribution in [0.15, 0.2) is 61.7 Å². The number of rotatable bonds is 6. The van der Waals surface area contributed by atoms with Crippen LogP contribution in [0.4, 0.5) is 5.82 Å². The highest BCUT2D eigenvalue weighted by Crippen LogP contribution is 2.37. The van der Waals surface area contributed by atoms with Crippen molar-refractivity contribution in [2.75, 3.05) is 18.0 Å². The van der Waals surface area contributed by atoms with Gasteiger partial charge in [-0.2, -0.15) is 4.98 Å². The summed E-state index contributed by atoms with van der Waals surface area (Å²) in [6.07, 6.45) is 3.69. The number of aromatic nitrogens is 2. The van der Waals surface area contributed by atoms with Crippen molar-refractivity contribution in [1.82, 2.24) is 9.97 Å². The summed E-state index contributed by atoms with van der Waals surface area (Å²) in [5.41, 5.74) is 1.16. The van der Waals surface area contributed by atoms with Gasteiger partial charge in [-0.25, -0.2) is 4.98 Å². The molecule has 0 bridgehead atoms. The van der Waals surface area contributed by atoms with Crippen molar-refractivity contribution in [1.29, 1.82) is 0 Å². The topological polar surface area (TPSA) is 29.0 Å². The molecule has 0 atom stereocenters. The zero-order valence-electron chi connectivity index (χ0n) is 12.6. The molecule has 23 heavy (non-hydrogen) atoms. The molecular weight excluding hydrogens is 326 g/mol. The third-order valence-corrected chi connectivity index (χ3v) is 4.65. The second-order valence-electron chi connectivity index (χ2n) is 4.99. The first kappa shape index (κ1) is 15.7. The SMILES string of the molecule is C=CCN(CC=C)c1nc(Cl)nc2sc(-c3ccccc3)cc12. The normalized spacial score (nSPS) is 10.7. The lowest BCUT2D eigenvalue weighted by atomic mass is 10.2. The predicted octanol–water partition coefficient (Wildman–Crippen LogP) is 5.19. The summed E-state index contributed by atoms with van der Waals surface area (Å²) < 4.78 is 0. The van der Waals surface area contributed by atoms with E-state index in [1.165, 1.54) is 0 Å². The molecule has 0 aliphatic heterocycles. The van der Waals surface area contributed by atoms with E-state index in [4.69, 9.17) is 11.6 Å². The number of thiophene rings is 1. The van der Waals surface area contributed by atoms with Crippen LogP contribution >= 0.6 is 22.9 Å². The van der Waals surface area contributed by atoms with Gasteiger partial charge in [-0.15, -0.1) is 24.5 Å². The molecule has 3 aromatic rings. The van der Waals surface area contributed by atoms with Crippen LogP contribution in [-0.2, 0) is 0 Å². The molecule has 0 saturated heterocycles. The van der Waals surface area contributed by atoms with Gasteiger partial charge in [0.1, 0.15) is 10.6 Å². The molecule has 116 valence electrons. The summed E-state index contributed by atoms with van der Waals surface area (Å²) in [4.78, 5) is 12.9. The van der Waals surface area contributed by atoms with E-state index in [2.05, 4.69) is 46.2 Å². The van der Waals surface area contributed by atoms with Gasteiger partial charge in [0.25, 0.3) is 0 Å². The number of anilines is 1. The maximum absolute atomic E-state index is 6.13. The van der Waals surface area contributed by atoms with Gasteiger partial charge in [0.15, 0.2) is 0 Å². The zero-order chi connectivity index (χ0) is 16.2. The molecule has 0 N–H and O–H groups in total. The molecule has 2 aromatic heterocycles. The van der Waals surface area contributed by atoms with E-state index in [-0.39, 0.29) is 5.28 Å². The minimum absolute atomic E-state index is 0.257. The van der Waals surface area contributed by atoms with Gasteiger partial charge in [0.05, 0.1) is 5.39 Å². The lowest BCUT2D eigenvalue weighted by Crippen LogP contribution is -2.24. The summed E-state index contributed by atoms with van der Waals surface area (Å²) in [5.74, 6) is 0.818. The van der Waals surface area contributed by atoms with Crippen LogP contribution in [0.25, 0.3) is 20.7 Å².